The van der Waals surface area contributed by atoms with Gasteiger partial charge in [-0.15, -0.1) is 0 Å². The normalized spacial score (nSPS) is 18.9. The van der Waals surface area contributed by atoms with Crippen molar-refractivity contribution in [1.82, 2.24) is 4.98 Å². The summed E-state index contributed by atoms with van der Waals surface area (Å²) < 4.78 is 27.3. The largest absolute Gasteiger partial charge is 0.465 e. The predicted molar refractivity (Wildman–Crippen MR) is 76.1 cm³/mol. The monoisotopic (exact) mass is 352 g/mol. The summed E-state index contributed by atoms with van der Waals surface area (Å²) in [6.07, 6.45) is 1.01. The summed E-state index contributed by atoms with van der Waals surface area (Å²) in [5.41, 5.74) is 0.0531. The standard InChI is InChI=1S/C11H10Cl2N2O5S/c1-20-11(17)7-2-3-14-10(12)9(7)15-5-6(4-8(15)16)21(13,18)19/h2-3,6H,4-5H2,1H3. The molecule has 1 aromatic heterocycles. The maximum atomic E-state index is 12.0. The van der Waals surface area contributed by atoms with Gasteiger partial charge in [0.2, 0.25) is 15.0 Å². The molecule has 0 saturated carbocycles. The SMILES string of the molecule is COC(=O)c1ccnc(Cl)c1N1CC(S(=O)(=O)Cl)CC1=O. The lowest BCUT2D eigenvalue weighted by molar-refractivity contribution is -0.117. The van der Waals surface area contributed by atoms with Crippen LogP contribution in [0.25, 0.3) is 0 Å². The third-order valence-electron chi connectivity index (χ3n) is 3.04. The highest BCUT2D eigenvalue weighted by molar-refractivity contribution is 8.14. The van der Waals surface area contributed by atoms with Gasteiger partial charge >= 0.3 is 5.97 Å². The van der Waals surface area contributed by atoms with Gasteiger partial charge in [-0.25, -0.2) is 18.2 Å². The molecule has 1 aromatic rings. The van der Waals surface area contributed by atoms with Crippen molar-refractivity contribution in [3.63, 3.8) is 0 Å². The number of ether oxygens (including phenoxy) is 1. The lowest BCUT2D eigenvalue weighted by atomic mass is 10.2. The van der Waals surface area contributed by atoms with Gasteiger partial charge in [0, 0.05) is 29.8 Å². The fraction of sp³-hybridized carbons (Fsp3) is 0.364. The van der Waals surface area contributed by atoms with E-state index in [1.165, 1.54) is 19.4 Å². The van der Waals surface area contributed by atoms with Crippen LogP contribution < -0.4 is 4.90 Å². The summed E-state index contributed by atoms with van der Waals surface area (Å²) in [5.74, 6) is -1.22. The molecule has 1 aliphatic heterocycles. The molecule has 2 rings (SSSR count). The van der Waals surface area contributed by atoms with Crippen molar-refractivity contribution >= 4 is 48.9 Å². The molecule has 7 nitrogen and oxygen atoms in total. The number of nitrogens with zero attached hydrogens (tertiary/aromatic N) is 2. The Morgan fingerprint density at radius 3 is 2.71 bits per heavy atom. The van der Waals surface area contributed by atoms with Crippen LogP contribution in [0.2, 0.25) is 5.15 Å². The fourth-order valence-electron chi connectivity index (χ4n) is 2.04. The molecule has 2 heterocycles. The summed E-state index contributed by atoms with van der Waals surface area (Å²) in [6, 6.07) is 1.34. The molecule has 1 amide bonds. The highest BCUT2D eigenvalue weighted by Crippen LogP contribution is 2.33. The molecule has 114 valence electrons. The zero-order valence-corrected chi connectivity index (χ0v) is 13.1. The summed E-state index contributed by atoms with van der Waals surface area (Å²) in [5, 5.41) is -1.16. The lowest BCUT2D eigenvalue weighted by Crippen LogP contribution is -2.29. The molecule has 1 aliphatic rings. The average molecular weight is 353 g/mol. The average Bonchev–Trinajstić information content (AvgIpc) is 2.79. The number of amides is 1. The van der Waals surface area contributed by atoms with Gasteiger partial charge in [-0.2, -0.15) is 0 Å². The smallest absolute Gasteiger partial charge is 0.340 e. The van der Waals surface area contributed by atoms with Crippen molar-refractivity contribution in [2.24, 2.45) is 0 Å². The zero-order valence-electron chi connectivity index (χ0n) is 10.7. The Kier molecular flexibility index (Phi) is 4.40. The molecule has 10 heteroatoms. The van der Waals surface area contributed by atoms with Crippen LogP contribution in [0.4, 0.5) is 5.69 Å². The molecular weight excluding hydrogens is 343 g/mol. The van der Waals surface area contributed by atoms with E-state index in [-0.39, 0.29) is 29.4 Å². The van der Waals surface area contributed by atoms with Crippen LogP contribution in [-0.2, 0) is 18.6 Å². The molecule has 1 unspecified atom stereocenters. The third-order valence-corrected chi connectivity index (χ3v) is 5.19. The summed E-state index contributed by atoms with van der Waals surface area (Å²) >= 11 is 5.94. The number of anilines is 1. The second-order valence-corrected chi connectivity index (χ2v) is 7.56. The fourth-order valence-corrected chi connectivity index (χ4v) is 3.33. The first-order valence-corrected chi connectivity index (χ1v) is 8.47. The molecule has 0 spiro atoms. The third kappa shape index (κ3) is 3.12. The number of aromatic nitrogens is 1. The van der Waals surface area contributed by atoms with Crippen molar-refractivity contribution in [1.29, 1.82) is 0 Å². The second kappa shape index (κ2) is 5.78. The van der Waals surface area contributed by atoms with E-state index < -0.39 is 26.2 Å². The minimum absolute atomic E-state index is 0.0264. The maximum Gasteiger partial charge on any atom is 0.340 e. The van der Waals surface area contributed by atoms with Crippen molar-refractivity contribution in [3.8, 4) is 0 Å². The molecule has 1 fully saturated rings. The van der Waals surface area contributed by atoms with E-state index in [4.69, 9.17) is 22.3 Å². The second-order valence-electron chi connectivity index (χ2n) is 4.30. The number of halogens is 2. The summed E-state index contributed by atoms with van der Waals surface area (Å²) in [7, 11) is 2.56. The molecule has 1 atom stereocenters. The van der Waals surface area contributed by atoms with Crippen LogP contribution in [0, 0.1) is 0 Å². The Bertz CT molecular complexity index is 707. The van der Waals surface area contributed by atoms with Gasteiger partial charge in [0.15, 0.2) is 5.15 Å². The summed E-state index contributed by atoms with van der Waals surface area (Å²) in [6.45, 7) is -0.194. The van der Waals surface area contributed by atoms with Crippen molar-refractivity contribution in [2.45, 2.75) is 11.7 Å². The molecule has 0 N–H and O–H groups in total. The molecule has 0 aliphatic carbocycles. The first kappa shape index (κ1) is 16.0. The van der Waals surface area contributed by atoms with Crippen molar-refractivity contribution < 1.29 is 22.7 Å². The Hall–Kier alpha value is -1.38. The minimum atomic E-state index is -3.90. The highest BCUT2D eigenvalue weighted by atomic mass is 35.7. The molecular formula is C11H10Cl2N2O5S. The Labute approximate surface area is 130 Å². The van der Waals surface area contributed by atoms with Crippen LogP contribution in [0.15, 0.2) is 12.3 Å². The number of hydrogen-bond donors (Lipinski definition) is 0. The number of esters is 1. The van der Waals surface area contributed by atoms with E-state index in [9.17, 15) is 18.0 Å². The van der Waals surface area contributed by atoms with Crippen LogP contribution in [0.5, 0.6) is 0 Å². The first-order valence-electron chi connectivity index (χ1n) is 5.72. The van der Waals surface area contributed by atoms with Crippen LogP contribution in [0.3, 0.4) is 0 Å². The number of rotatable bonds is 3. The molecule has 0 bridgehead atoms. The van der Waals surface area contributed by atoms with Gasteiger partial charge in [-0.1, -0.05) is 11.6 Å². The minimum Gasteiger partial charge on any atom is -0.465 e. The summed E-state index contributed by atoms with van der Waals surface area (Å²) in [4.78, 5) is 28.6. The maximum absolute atomic E-state index is 12.0. The number of carbonyl (C=O) groups excluding carboxylic acids is 2. The van der Waals surface area contributed by atoms with E-state index in [0.29, 0.717) is 0 Å². The number of carbonyl (C=O) groups is 2. The number of pyridine rings is 1. The van der Waals surface area contributed by atoms with Crippen molar-refractivity contribution in [3.05, 3.63) is 23.0 Å². The van der Waals surface area contributed by atoms with E-state index in [1.54, 1.807) is 0 Å². The lowest BCUT2D eigenvalue weighted by Gasteiger charge is -2.19. The predicted octanol–water partition coefficient (Wildman–Crippen LogP) is 1.20. The first-order chi connectivity index (χ1) is 9.75. The quantitative estimate of drug-likeness (QED) is 0.460. The van der Waals surface area contributed by atoms with Gasteiger partial charge in [0.05, 0.1) is 18.4 Å². The number of hydrogen-bond acceptors (Lipinski definition) is 6. The van der Waals surface area contributed by atoms with Gasteiger partial charge in [-0.05, 0) is 6.07 Å². The van der Waals surface area contributed by atoms with Crippen LogP contribution >= 0.6 is 22.3 Å². The van der Waals surface area contributed by atoms with Gasteiger partial charge in [0.1, 0.15) is 5.25 Å². The number of methoxy groups -OCH3 is 1. The topological polar surface area (TPSA) is 93.6 Å². The van der Waals surface area contributed by atoms with E-state index in [0.717, 1.165) is 4.90 Å². The van der Waals surface area contributed by atoms with E-state index in [1.807, 2.05) is 0 Å². The zero-order chi connectivity index (χ0) is 15.8. The Balaban J connectivity index is 2.48. The Morgan fingerprint density at radius 2 is 2.19 bits per heavy atom. The molecule has 21 heavy (non-hydrogen) atoms. The van der Waals surface area contributed by atoms with Crippen LogP contribution in [-0.4, -0.2) is 44.2 Å². The molecule has 1 saturated heterocycles. The van der Waals surface area contributed by atoms with Gasteiger partial charge < -0.3 is 9.64 Å². The van der Waals surface area contributed by atoms with E-state index in [2.05, 4.69) is 9.72 Å². The molecule has 0 radical (unpaired) electrons. The van der Waals surface area contributed by atoms with Crippen molar-refractivity contribution in [2.75, 3.05) is 18.6 Å². The van der Waals surface area contributed by atoms with E-state index >= 15 is 0 Å². The van der Waals surface area contributed by atoms with Crippen LogP contribution in [0.1, 0.15) is 16.8 Å². The Morgan fingerprint density at radius 1 is 1.52 bits per heavy atom. The highest BCUT2D eigenvalue weighted by Gasteiger charge is 2.40. The van der Waals surface area contributed by atoms with Gasteiger partial charge in [-0.3, -0.25) is 4.79 Å². The van der Waals surface area contributed by atoms with Gasteiger partial charge in [0.25, 0.3) is 0 Å². The molecule has 0 aromatic carbocycles.